The number of aliphatic hydroxyl groups excluding tert-OH is 2. The molecule has 0 bridgehead atoms. The van der Waals surface area contributed by atoms with Gasteiger partial charge in [-0.05, 0) is 222 Å². The van der Waals surface area contributed by atoms with Crippen LogP contribution in [-0.4, -0.2) is 22.4 Å². The molecule has 0 aromatic rings. The third-order valence-corrected chi connectivity index (χ3v) is 21.1. The van der Waals surface area contributed by atoms with Crippen molar-refractivity contribution in [2.45, 2.75) is 217 Å². The van der Waals surface area contributed by atoms with E-state index in [0.29, 0.717) is 21.7 Å². The van der Waals surface area contributed by atoms with Crippen LogP contribution in [0.2, 0.25) is 0 Å². The van der Waals surface area contributed by atoms with E-state index in [0.717, 1.165) is 96.7 Å². The maximum absolute atomic E-state index is 10.2. The van der Waals surface area contributed by atoms with Gasteiger partial charge in [-0.15, -0.1) is 0 Å². The van der Waals surface area contributed by atoms with Crippen molar-refractivity contribution in [3.63, 3.8) is 0 Å². The first-order valence-corrected chi connectivity index (χ1v) is 25.3. The Bertz CT molecular complexity index is 1480. The summed E-state index contributed by atoms with van der Waals surface area (Å²) in [7, 11) is 0. The van der Waals surface area contributed by atoms with Crippen LogP contribution in [0.1, 0.15) is 205 Å². The molecule has 57 heavy (non-hydrogen) atoms. The Morgan fingerprint density at radius 1 is 0.596 bits per heavy atom. The van der Waals surface area contributed by atoms with Gasteiger partial charge in [0, 0.05) is 0 Å². The highest BCUT2D eigenvalue weighted by atomic mass is 16.3. The first kappa shape index (κ1) is 44.2. The van der Waals surface area contributed by atoms with Gasteiger partial charge in [-0.1, -0.05) is 110 Å². The van der Waals surface area contributed by atoms with Crippen LogP contribution >= 0.6 is 0 Å². The van der Waals surface area contributed by atoms with E-state index < -0.39 is 0 Å². The highest BCUT2D eigenvalue weighted by molar-refractivity contribution is 5.27. The van der Waals surface area contributed by atoms with Crippen molar-refractivity contribution in [1.82, 2.24) is 0 Å². The zero-order valence-corrected chi connectivity index (χ0v) is 39.4. The maximum atomic E-state index is 10.2. The molecular formula is C55H92O2. The average Bonchev–Trinajstić information content (AvgIpc) is 3.71. The molecule has 17 atom stereocenters. The zero-order chi connectivity index (χ0) is 41.1. The molecule has 2 nitrogen and oxygen atoms in total. The van der Waals surface area contributed by atoms with E-state index in [4.69, 9.17) is 0 Å². The highest BCUT2D eigenvalue weighted by Gasteiger charge is 2.60. The second-order valence-electron chi connectivity index (χ2n) is 24.4. The van der Waals surface area contributed by atoms with Gasteiger partial charge >= 0.3 is 0 Å². The predicted molar refractivity (Wildman–Crippen MR) is 243 cm³/mol. The largest absolute Gasteiger partial charge is 0.393 e. The van der Waals surface area contributed by atoms with Crippen LogP contribution in [0.25, 0.3) is 0 Å². The Morgan fingerprint density at radius 3 is 1.49 bits per heavy atom. The molecule has 0 aromatic carbocycles. The lowest BCUT2D eigenvalue weighted by molar-refractivity contribution is -0.0574. The SMILES string of the molecule is CC(C)=CCC[C@@H](C)[C@H]1CC[C@H]2[C@@H]3CC=C4C[C@@H](O)CC[C@]4(C)[C@H]3CC[C@]12C.CC(C)[C@H](C)CC[C@@H](C)[C@H]1CC[C@H]2[C@@H]3CC=C4C[C@@H](O)CC[C@]4(C)[C@H]3CC[C@]12C. The van der Waals surface area contributed by atoms with Crippen LogP contribution in [0.3, 0.4) is 0 Å². The fraction of sp³-hybridized carbons (Fsp3) is 0.891. The van der Waals surface area contributed by atoms with Crippen molar-refractivity contribution in [1.29, 1.82) is 0 Å². The summed E-state index contributed by atoms with van der Waals surface area (Å²) in [5.74, 6) is 10.7. The third kappa shape index (κ3) is 8.16. The van der Waals surface area contributed by atoms with Crippen molar-refractivity contribution in [2.24, 2.45) is 92.7 Å². The molecule has 0 radical (unpaired) electrons. The molecule has 2 N–H and O–H groups in total. The Hall–Kier alpha value is -0.860. The minimum atomic E-state index is -0.0813. The Kier molecular flexibility index (Phi) is 13.3. The smallest absolute Gasteiger partial charge is 0.0577 e. The summed E-state index contributed by atoms with van der Waals surface area (Å²) in [6.45, 7) is 27.3. The Balaban J connectivity index is 0.000000174. The number of hydrogen-bond acceptors (Lipinski definition) is 2. The number of rotatable bonds is 9. The standard InChI is InChI=1S/C28H48O.C27H44O/c1-18(2)19(3)7-8-20(4)24-11-12-25-23-10-9-21-17-22(29)13-15-27(21,5)26(23)14-16-28(24,25)6;1-18(2)7-6-8-19(3)23-11-12-24-22-10-9-20-17-21(28)13-15-26(20,4)25(22)14-16-27(23,24)5/h9,18-20,22-26,29H,7-8,10-17H2,1-6H3;7,9,19,21-25,28H,6,8,10-17H2,1-5H3/t19-,20-,22+,23+,24-,25+,26+,27+,28-;19-,21+,22+,23-,24+,25+,26+,27-/m11/s1. The normalized spacial score (nSPS) is 46.3. The Morgan fingerprint density at radius 2 is 1.05 bits per heavy atom. The Labute approximate surface area is 353 Å². The first-order chi connectivity index (χ1) is 26.9. The van der Waals surface area contributed by atoms with Gasteiger partial charge in [0.2, 0.25) is 0 Å². The molecule has 0 amide bonds. The predicted octanol–water partition coefficient (Wildman–Crippen LogP) is 14.9. The second kappa shape index (κ2) is 17.1. The van der Waals surface area contributed by atoms with Gasteiger partial charge < -0.3 is 10.2 Å². The first-order valence-electron chi connectivity index (χ1n) is 25.3. The molecular weight excluding hydrogens is 693 g/mol. The van der Waals surface area contributed by atoms with Crippen molar-refractivity contribution in [3.05, 3.63) is 34.9 Å². The molecule has 8 aliphatic carbocycles. The molecule has 0 aliphatic heterocycles. The lowest BCUT2D eigenvalue weighted by Crippen LogP contribution is -2.50. The monoisotopic (exact) mass is 785 g/mol. The second-order valence-corrected chi connectivity index (χ2v) is 24.4. The number of allylic oxidation sites excluding steroid dienone is 4. The van der Waals surface area contributed by atoms with Gasteiger partial charge in [-0.2, -0.15) is 0 Å². The van der Waals surface area contributed by atoms with Gasteiger partial charge in [0.25, 0.3) is 0 Å². The molecule has 0 spiro atoms. The quantitative estimate of drug-likeness (QED) is 0.229. The molecule has 324 valence electrons. The molecule has 0 aromatic heterocycles. The fourth-order valence-corrected chi connectivity index (χ4v) is 17.1. The fourth-order valence-electron chi connectivity index (χ4n) is 17.1. The van der Waals surface area contributed by atoms with Gasteiger partial charge in [0.15, 0.2) is 0 Å². The van der Waals surface area contributed by atoms with Crippen molar-refractivity contribution in [2.75, 3.05) is 0 Å². The maximum Gasteiger partial charge on any atom is 0.0577 e. The molecule has 0 saturated heterocycles. The molecule has 0 unspecified atom stereocenters. The number of fused-ring (bicyclic) bond motifs is 10. The van der Waals surface area contributed by atoms with Crippen LogP contribution in [0, 0.1) is 92.7 Å². The molecule has 2 heteroatoms. The van der Waals surface area contributed by atoms with Crippen LogP contribution in [0.5, 0.6) is 0 Å². The van der Waals surface area contributed by atoms with E-state index in [2.05, 4.69) is 94.4 Å². The average molecular weight is 785 g/mol. The number of aliphatic hydroxyl groups is 2. The van der Waals surface area contributed by atoms with Gasteiger partial charge in [-0.3, -0.25) is 0 Å². The minimum Gasteiger partial charge on any atom is -0.393 e. The summed E-state index contributed by atoms with van der Waals surface area (Å²) in [6.07, 6.45) is 33.6. The lowest BCUT2D eigenvalue weighted by Gasteiger charge is -2.58. The summed E-state index contributed by atoms with van der Waals surface area (Å²) in [6, 6.07) is 0. The zero-order valence-electron chi connectivity index (χ0n) is 39.4. The molecule has 8 rings (SSSR count). The van der Waals surface area contributed by atoms with E-state index >= 15 is 0 Å². The molecule has 6 fully saturated rings. The number of hydrogen-bond donors (Lipinski definition) is 2. The summed E-state index contributed by atoms with van der Waals surface area (Å²) in [5, 5.41) is 20.4. The van der Waals surface area contributed by atoms with Crippen molar-refractivity contribution >= 4 is 0 Å². The van der Waals surface area contributed by atoms with E-state index in [1.54, 1.807) is 11.1 Å². The van der Waals surface area contributed by atoms with E-state index in [1.165, 1.54) is 108 Å². The van der Waals surface area contributed by atoms with Crippen LogP contribution < -0.4 is 0 Å². The highest BCUT2D eigenvalue weighted by Crippen LogP contribution is 2.69. The molecule has 8 aliphatic rings. The van der Waals surface area contributed by atoms with E-state index in [1.807, 2.05) is 0 Å². The third-order valence-electron chi connectivity index (χ3n) is 21.1. The van der Waals surface area contributed by atoms with E-state index in [9.17, 15) is 10.2 Å². The topological polar surface area (TPSA) is 40.5 Å². The minimum absolute atomic E-state index is 0.0790. The van der Waals surface area contributed by atoms with Crippen molar-refractivity contribution in [3.8, 4) is 0 Å². The van der Waals surface area contributed by atoms with Crippen LogP contribution in [-0.2, 0) is 0 Å². The van der Waals surface area contributed by atoms with Crippen LogP contribution in [0.15, 0.2) is 34.9 Å². The van der Waals surface area contributed by atoms with Gasteiger partial charge in [-0.25, -0.2) is 0 Å². The van der Waals surface area contributed by atoms with Crippen LogP contribution in [0.4, 0.5) is 0 Å². The summed E-state index contributed by atoms with van der Waals surface area (Å²) in [5.41, 5.74) is 6.63. The summed E-state index contributed by atoms with van der Waals surface area (Å²) < 4.78 is 0. The van der Waals surface area contributed by atoms with Crippen molar-refractivity contribution < 1.29 is 10.2 Å². The van der Waals surface area contributed by atoms with Gasteiger partial charge in [0.1, 0.15) is 0 Å². The van der Waals surface area contributed by atoms with Gasteiger partial charge in [0.05, 0.1) is 12.2 Å². The summed E-state index contributed by atoms with van der Waals surface area (Å²) >= 11 is 0. The molecule has 6 saturated carbocycles. The lowest BCUT2D eigenvalue weighted by atomic mass is 9.47. The molecule has 0 heterocycles. The summed E-state index contributed by atoms with van der Waals surface area (Å²) in [4.78, 5) is 0. The van der Waals surface area contributed by atoms with E-state index in [-0.39, 0.29) is 12.2 Å².